The summed E-state index contributed by atoms with van der Waals surface area (Å²) in [6.07, 6.45) is 10.4. The summed E-state index contributed by atoms with van der Waals surface area (Å²) in [6, 6.07) is 5.47. The standard InChI is InChI=1S/C19H14N2O4S/c22-17(21-7-1-2-8-21)6-4-13-11-25-15-5-3-12(9-14(13)15)10-16-18(23)20-19(24)26-16/h1-6,9-11H,7-8H2,(H,20,23,24). The molecule has 2 aliphatic rings. The fraction of sp³-hybridized carbons (Fsp3) is 0.105. The second kappa shape index (κ2) is 6.68. The largest absolute Gasteiger partial charge is 0.464 e. The van der Waals surface area contributed by atoms with Crippen molar-refractivity contribution in [1.29, 1.82) is 0 Å². The Morgan fingerprint density at radius 1 is 1.23 bits per heavy atom. The number of thioether (sulfide) groups is 1. The minimum Gasteiger partial charge on any atom is -0.464 e. The van der Waals surface area contributed by atoms with Crippen molar-refractivity contribution in [3.63, 3.8) is 0 Å². The molecule has 26 heavy (non-hydrogen) atoms. The molecular weight excluding hydrogens is 352 g/mol. The number of amides is 3. The van der Waals surface area contributed by atoms with Crippen molar-refractivity contribution < 1.29 is 18.8 Å². The van der Waals surface area contributed by atoms with E-state index in [2.05, 4.69) is 5.32 Å². The van der Waals surface area contributed by atoms with Crippen LogP contribution in [0.2, 0.25) is 0 Å². The SMILES string of the molecule is O=C1NC(=O)C(=Cc2ccc3occ(C=CC(=O)N4CC=CC4)c3c2)S1. The topological polar surface area (TPSA) is 79.6 Å². The van der Waals surface area contributed by atoms with Crippen LogP contribution in [0, 0.1) is 0 Å². The molecule has 2 aromatic rings. The number of carbonyl (C=O) groups excluding carboxylic acids is 3. The van der Waals surface area contributed by atoms with E-state index in [0.29, 0.717) is 23.6 Å². The van der Waals surface area contributed by atoms with E-state index in [4.69, 9.17) is 4.42 Å². The Hall–Kier alpha value is -3.06. The molecule has 0 saturated carbocycles. The second-order valence-electron chi connectivity index (χ2n) is 5.85. The minimum atomic E-state index is -0.391. The van der Waals surface area contributed by atoms with Crippen LogP contribution in [0.4, 0.5) is 4.79 Å². The van der Waals surface area contributed by atoms with Crippen molar-refractivity contribution >= 4 is 51.9 Å². The summed E-state index contributed by atoms with van der Waals surface area (Å²) >= 11 is 0.876. The van der Waals surface area contributed by atoms with Crippen molar-refractivity contribution in [2.45, 2.75) is 0 Å². The Morgan fingerprint density at radius 2 is 2.04 bits per heavy atom. The Kier molecular flexibility index (Phi) is 4.22. The van der Waals surface area contributed by atoms with Crippen molar-refractivity contribution in [3.8, 4) is 0 Å². The molecule has 1 saturated heterocycles. The summed E-state index contributed by atoms with van der Waals surface area (Å²) < 4.78 is 5.52. The van der Waals surface area contributed by atoms with Gasteiger partial charge in [0.05, 0.1) is 11.2 Å². The van der Waals surface area contributed by atoms with Gasteiger partial charge in [-0.2, -0.15) is 0 Å². The monoisotopic (exact) mass is 366 g/mol. The lowest BCUT2D eigenvalue weighted by Gasteiger charge is -2.11. The first kappa shape index (κ1) is 16.4. The first-order valence-corrected chi connectivity index (χ1v) is 8.80. The van der Waals surface area contributed by atoms with Gasteiger partial charge in [-0.3, -0.25) is 19.7 Å². The second-order valence-corrected chi connectivity index (χ2v) is 6.86. The Bertz CT molecular complexity index is 1010. The molecule has 1 fully saturated rings. The van der Waals surface area contributed by atoms with Crippen molar-refractivity contribution in [2.24, 2.45) is 0 Å². The number of carbonyl (C=O) groups is 3. The fourth-order valence-corrected chi connectivity index (χ4v) is 3.46. The lowest BCUT2D eigenvalue weighted by Crippen LogP contribution is -2.26. The zero-order valence-corrected chi connectivity index (χ0v) is 14.4. The third-order valence-corrected chi connectivity index (χ3v) is 4.91. The zero-order chi connectivity index (χ0) is 18.1. The smallest absolute Gasteiger partial charge is 0.290 e. The third kappa shape index (κ3) is 3.21. The first-order chi connectivity index (χ1) is 12.6. The summed E-state index contributed by atoms with van der Waals surface area (Å²) in [7, 11) is 0. The maximum absolute atomic E-state index is 12.1. The highest BCUT2D eigenvalue weighted by molar-refractivity contribution is 8.18. The van der Waals surface area contributed by atoms with Crippen LogP contribution in [0.15, 0.2) is 52.0 Å². The van der Waals surface area contributed by atoms with Gasteiger partial charge in [-0.15, -0.1) is 0 Å². The summed E-state index contributed by atoms with van der Waals surface area (Å²) in [6.45, 7) is 1.26. The van der Waals surface area contributed by atoms with Crippen LogP contribution < -0.4 is 5.32 Å². The van der Waals surface area contributed by atoms with Crippen LogP contribution >= 0.6 is 11.8 Å². The van der Waals surface area contributed by atoms with Gasteiger partial charge in [-0.05, 0) is 41.6 Å². The fourth-order valence-electron chi connectivity index (χ4n) is 2.78. The van der Waals surface area contributed by atoms with Crippen LogP contribution in [0.25, 0.3) is 23.1 Å². The quantitative estimate of drug-likeness (QED) is 0.667. The average Bonchev–Trinajstić information content (AvgIpc) is 3.34. The van der Waals surface area contributed by atoms with Crippen LogP contribution in [0.3, 0.4) is 0 Å². The van der Waals surface area contributed by atoms with Gasteiger partial charge >= 0.3 is 0 Å². The number of rotatable bonds is 3. The van der Waals surface area contributed by atoms with Gasteiger partial charge in [0, 0.05) is 30.1 Å². The molecule has 4 rings (SSSR count). The number of hydrogen-bond donors (Lipinski definition) is 1. The number of nitrogens with one attached hydrogen (secondary N) is 1. The Morgan fingerprint density at radius 3 is 2.77 bits per heavy atom. The normalized spacial score (nSPS) is 18.6. The van der Waals surface area contributed by atoms with E-state index in [0.717, 1.165) is 28.3 Å². The van der Waals surface area contributed by atoms with Gasteiger partial charge in [0.1, 0.15) is 5.58 Å². The maximum atomic E-state index is 12.1. The third-order valence-electron chi connectivity index (χ3n) is 4.10. The van der Waals surface area contributed by atoms with E-state index in [1.165, 1.54) is 6.08 Å². The number of fused-ring (bicyclic) bond motifs is 1. The molecule has 0 spiro atoms. The van der Waals surface area contributed by atoms with Crippen LogP contribution in [0.5, 0.6) is 0 Å². The Labute approximate surface area is 153 Å². The molecule has 1 aromatic carbocycles. The van der Waals surface area contributed by atoms with Gasteiger partial charge < -0.3 is 9.32 Å². The number of furan rings is 1. The van der Waals surface area contributed by atoms with Crippen LogP contribution in [0.1, 0.15) is 11.1 Å². The number of nitrogens with zero attached hydrogens (tertiary/aromatic N) is 1. The molecule has 1 N–H and O–H groups in total. The molecule has 1 aromatic heterocycles. The number of benzene rings is 1. The van der Waals surface area contributed by atoms with Gasteiger partial charge in [-0.1, -0.05) is 18.2 Å². The van der Waals surface area contributed by atoms with Crippen molar-refractivity contribution in [2.75, 3.05) is 13.1 Å². The highest BCUT2D eigenvalue weighted by Crippen LogP contribution is 2.28. The van der Waals surface area contributed by atoms with Crippen molar-refractivity contribution in [3.05, 3.63) is 58.7 Å². The summed E-state index contributed by atoms with van der Waals surface area (Å²) in [5, 5.41) is 2.69. The van der Waals surface area contributed by atoms with E-state index in [-0.39, 0.29) is 11.1 Å². The molecule has 0 bridgehead atoms. The predicted molar refractivity (Wildman–Crippen MR) is 100 cm³/mol. The van der Waals surface area contributed by atoms with Gasteiger partial charge in [-0.25, -0.2) is 0 Å². The molecule has 0 radical (unpaired) electrons. The molecule has 130 valence electrons. The van der Waals surface area contributed by atoms with Gasteiger partial charge in [0.25, 0.3) is 11.1 Å². The van der Waals surface area contributed by atoms with E-state index in [9.17, 15) is 14.4 Å². The molecular formula is C19H14N2O4S. The summed E-state index contributed by atoms with van der Waals surface area (Å²) in [5.74, 6) is -0.447. The molecule has 2 aliphatic heterocycles. The van der Waals surface area contributed by atoms with Crippen molar-refractivity contribution in [1.82, 2.24) is 10.2 Å². The van der Waals surface area contributed by atoms with Gasteiger partial charge in [0.2, 0.25) is 5.91 Å². The minimum absolute atomic E-state index is 0.0554. The predicted octanol–water partition coefficient (Wildman–Crippen LogP) is 3.17. The summed E-state index contributed by atoms with van der Waals surface area (Å²) in [4.78, 5) is 37.1. The molecule has 0 atom stereocenters. The number of hydrogen-bond acceptors (Lipinski definition) is 5. The molecule has 3 heterocycles. The first-order valence-electron chi connectivity index (χ1n) is 7.98. The van der Waals surface area contributed by atoms with E-state index in [1.54, 1.807) is 29.4 Å². The summed E-state index contributed by atoms with van der Waals surface area (Å²) in [5.41, 5.74) is 2.23. The zero-order valence-electron chi connectivity index (χ0n) is 13.6. The molecule has 0 unspecified atom stereocenters. The lowest BCUT2D eigenvalue weighted by molar-refractivity contribution is -0.124. The molecule has 7 heteroatoms. The van der Waals surface area contributed by atoms with Crippen LogP contribution in [-0.2, 0) is 9.59 Å². The van der Waals surface area contributed by atoms with E-state index in [1.807, 2.05) is 24.3 Å². The molecule has 0 aliphatic carbocycles. The highest BCUT2D eigenvalue weighted by atomic mass is 32.2. The molecule has 6 nitrogen and oxygen atoms in total. The van der Waals surface area contributed by atoms with E-state index < -0.39 is 5.91 Å². The lowest BCUT2D eigenvalue weighted by atomic mass is 10.1. The van der Waals surface area contributed by atoms with E-state index >= 15 is 0 Å². The highest BCUT2D eigenvalue weighted by Gasteiger charge is 2.25. The average molecular weight is 366 g/mol. The van der Waals surface area contributed by atoms with Gasteiger partial charge in [0.15, 0.2) is 0 Å². The molecule has 3 amide bonds. The van der Waals surface area contributed by atoms with Crippen LogP contribution in [-0.4, -0.2) is 35.0 Å². The number of imide groups is 1. The maximum Gasteiger partial charge on any atom is 0.290 e. The Balaban J connectivity index is 1.60.